The first-order valence-corrected chi connectivity index (χ1v) is 8.82. The SMILES string of the molecule is CC(CC1COCCN1)Nc1cc(S(C)(=O)=O)ccc1F. The maximum Gasteiger partial charge on any atom is 0.175 e. The third-order valence-corrected chi connectivity index (χ3v) is 4.51. The topological polar surface area (TPSA) is 67.4 Å². The van der Waals surface area contributed by atoms with Crippen molar-refractivity contribution in [2.45, 2.75) is 30.3 Å². The van der Waals surface area contributed by atoms with E-state index in [1.54, 1.807) is 0 Å². The van der Waals surface area contributed by atoms with E-state index in [1.807, 2.05) is 6.92 Å². The molecule has 0 amide bonds. The maximum absolute atomic E-state index is 13.8. The summed E-state index contributed by atoms with van der Waals surface area (Å²) in [6, 6.07) is 4.01. The molecule has 7 heteroatoms. The lowest BCUT2D eigenvalue weighted by molar-refractivity contribution is 0.0731. The van der Waals surface area contributed by atoms with Gasteiger partial charge in [-0.15, -0.1) is 0 Å². The third kappa shape index (κ3) is 4.66. The number of nitrogens with one attached hydrogen (secondary N) is 2. The van der Waals surface area contributed by atoms with Gasteiger partial charge in [0.15, 0.2) is 9.84 Å². The van der Waals surface area contributed by atoms with E-state index in [9.17, 15) is 12.8 Å². The quantitative estimate of drug-likeness (QED) is 0.804. The van der Waals surface area contributed by atoms with Crippen molar-refractivity contribution >= 4 is 15.5 Å². The maximum atomic E-state index is 13.8. The standard InChI is InChI=1S/C14H21FN2O3S/c1-10(7-11-9-20-6-5-16-11)17-14-8-12(21(2,18)19)3-4-13(14)15/h3-4,8,10-11,16-17H,5-7,9H2,1-2H3. The Morgan fingerprint density at radius 2 is 2.29 bits per heavy atom. The van der Waals surface area contributed by atoms with Gasteiger partial charge >= 0.3 is 0 Å². The van der Waals surface area contributed by atoms with Crippen molar-refractivity contribution < 1.29 is 17.5 Å². The van der Waals surface area contributed by atoms with Gasteiger partial charge in [0.1, 0.15) is 5.82 Å². The van der Waals surface area contributed by atoms with Crippen LogP contribution < -0.4 is 10.6 Å². The minimum Gasteiger partial charge on any atom is -0.380 e. The Labute approximate surface area is 124 Å². The Bertz CT molecular complexity index is 586. The second kappa shape index (κ2) is 6.72. The molecule has 5 nitrogen and oxygen atoms in total. The van der Waals surface area contributed by atoms with Crippen molar-refractivity contribution in [3.63, 3.8) is 0 Å². The summed E-state index contributed by atoms with van der Waals surface area (Å²) in [6.07, 6.45) is 1.87. The van der Waals surface area contributed by atoms with E-state index in [0.29, 0.717) is 13.2 Å². The first-order chi connectivity index (χ1) is 9.86. The lowest BCUT2D eigenvalue weighted by Crippen LogP contribution is -2.43. The molecule has 2 atom stereocenters. The highest BCUT2D eigenvalue weighted by molar-refractivity contribution is 7.90. The van der Waals surface area contributed by atoms with Crippen LogP contribution in [0.3, 0.4) is 0 Å². The second-order valence-corrected chi connectivity index (χ2v) is 7.44. The molecule has 1 saturated heterocycles. The number of hydrogen-bond donors (Lipinski definition) is 2. The summed E-state index contributed by atoms with van der Waals surface area (Å²) in [5, 5.41) is 6.37. The van der Waals surface area contributed by atoms with Crippen LogP contribution in [0.25, 0.3) is 0 Å². The number of ether oxygens (including phenoxy) is 1. The number of hydrogen-bond acceptors (Lipinski definition) is 5. The van der Waals surface area contributed by atoms with Gasteiger partial charge in [0.05, 0.1) is 23.8 Å². The minimum atomic E-state index is -3.34. The highest BCUT2D eigenvalue weighted by Gasteiger charge is 2.18. The molecule has 0 saturated carbocycles. The number of morpholine rings is 1. The molecule has 2 unspecified atom stereocenters. The van der Waals surface area contributed by atoms with Gasteiger partial charge in [-0.1, -0.05) is 0 Å². The number of halogens is 1. The van der Waals surface area contributed by atoms with Crippen LogP contribution in [-0.4, -0.2) is 46.5 Å². The molecule has 2 rings (SSSR count). The average Bonchev–Trinajstić information content (AvgIpc) is 2.41. The van der Waals surface area contributed by atoms with Gasteiger partial charge in [0, 0.05) is 24.9 Å². The lowest BCUT2D eigenvalue weighted by atomic mass is 10.1. The molecular formula is C14H21FN2O3S. The fourth-order valence-electron chi connectivity index (χ4n) is 2.37. The first kappa shape index (κ1) is 16.2. The summed E-state index contributed by atoms with van der Waals surface area (Å²) in [7, 11) is -3.34. The number of anilines is 1. The van der Waals surface area contributed by atoms with Gasteiger partial charge in [0.2, 0.25) is 0 Å². The van der Waals surface area contributed by atoms with Gasteiger partial charge in [-0.25, -0.2) is 12.8 Å². The first-order valence-electron chi connectivity index (χ1n) is 6.93. The molecule has 0 bridgehead atoms. The van der Waals surface area contributed by atoms with Crippen LogP contribution >= 0.6 is 0 Å². The molecule has 1 heterocycles. The Hall–Kier alpha value is -1.18. The Balaban J connectivity index is 2.04. The predicted octanol–water partition coefficient (Wildman–Crippen LogP) is 1.41. The van der Waals surface area contributed by atoms with Crippen molar-refractivity contribution in [3.05, 3.63) is 24.0 Å². The second-order valence-electron chi connectivity index (χ2n) is 5.42. The van der Waals surface area contributed by atoms with Crippen molar-refractivity contribution in [1.29, 1.82) is 0 Å². The van der Waals surface area contributed by atoms with Gasteiger partial charge in [-0.05, 0) is 31.5 Å². The summed E-state index contributed by atoms with van der Waals surface area (Å²) in [6.45, 7) is 4.10. The fourth-order valence-corrected chi connectivity index (χ4v) is 3.02. The molecule has 1 aromatic carbocycles. The fraction of sp³-hybridized carbons (Fsp3) is 0.571. The largest absolute Gasteiger partial charge is 0.380 e. The van der Waals surface area contributed by atoms with Crippen LogP contribution in [0.1, 0.15) is 13.3 Å². The van der Waals surface area contributed by atoms with Gasteiger partial charge in [-0.3, -0.25) is 0 Å². The van der Waals surface area contributed by atoms with Crippen LogP contribution in [0.5, 0.6) is 0 Å². The van der Waals surface area contributed by atoms with Crippen molar-refractivity contribution in [2.24, 2.45) is 0 Å². The van der Waals surface area contributed by atoms with Crippen molar-refractivity contribution in [1.82, 2.24) is 5.32 Å². The molecule has 1 aromatic rings. The number of sulfone groups is 1. The molecule has 118 valence electrons. The van der Waals surface area contributed by atoms with E-state index < -0.39 is 15.7 Å². The molecule has 1 fully saturated rings. The minimum absolute atomic E-state index is 0.00601. The van der Waals surface area contributed by atoms with Crippen LogP contribution in [0.15, 0.2) is 23.1 Å². The summed E-state index contributed by atoms with van der Waals surface area (Å²) in [5.41, 5.74) is 0.210. The van der Waals surface area contributed by atoms with E-state index in [4.69, 9.17) is 4.74 Å². The van der Waals surface area contributed by atoms with Crippen molar-refractivity contribution in [2.75, 3.05) is 31.3 Å². The Kier molecular flexibility index (Phi) is 5.18. The normalized spacial score (nSPS) is 21.0. The van der Waals surface area contributed by atoms with E-state index in [0.717, 1.165) is 19.2 Å². The smallest absolute Gasteiger partial charge is 0.175 e. The van der Waals surface area contributed by atoms with E-state index >= 15 is 0 Å². The van der Waals surface area contributed by atoms with E-state index in [1.165, 1.54) is 18.2 Å². The molecule has 2 N–H and O–H groups in total. The number of benzene rings is 1. The van der Waals surface area contributed by atoms with Crippen molar-refractivity contribution in [3.8, 4) is 0 Å². The monoisotopic (exact) mass is 316 g/mol. The van der Waals surface area contributed by atoms with Crippen LogP contribution in [0.4, 0.5) is 10.1 Å². The molecular weight excluding hydrogens is 295 g/mol. The summed E-state index contributed by atoms with van der Waals surface area (Å²) in [5.74, 6) is -0.456. The predicted molar refractivity (Wildman–Crippen MR) is 79.8 cm³/mol. The Morgan fingerprint density at radius 1 is 1.52 bits per heavy atom. The van der Waals surface area contributed by atoms with Crippen LogP contribution in [0.2, 0.25) is 0 Å². The van der Waals surface area contributed by atoms with Crippen LogP contribution in [-0.2, 0) is 14.6 Å². The van der Waals surface area contributed by atoms with E-state index in [2.05, 4.69) is 10.6 Å². The lowest BCUT2D eigenvalue weighted by Gasteiger charge is -2.27. The van der Waals surface area contributed by atoms with E-state index in [-0.39, 0.29) is 22.7 Å². The molecule has 0 aliphatic carbocycles. The van der Waals surface area contributed by atoms with Gasteiger partial charge in [-0.2, -0.15) is 0 Å². The van der Waals surface area contributed by atoms with Crippen LogP contribution in [0, 0.1) is 5.82 Å². The molecule has 0 aromatic heterocycles. The molecule has 0 radical (unpaired) electrons. The molecule has 1 aliphatic rings. The molecule has 21 heavy (non-hydrogen) atoms. The highest BCUT2D eigenvalue weighted by Crippen LogP contribution is 2.21. The van der Waals surface area contributed by atoms with Gasteiger partial charge < -0.3 is 15.4 Å². The van der Waals surface area contributed by atoms with Gasteiger partial charge in [0.25, 0.3) is 0 Å². The summed E-state index contributed by atoms with van der Waals surface area (Å²) < 4.78 is 42.2. The highest BCUT2D eigenvalue weighted by atomic mass is 32.2. The molecule has 1 aliphatic heterocycles. The zero-order chi connectivity index (χ0) is 15.5. The summed E-state index contributed by atoms with van der Waals surface area (Å²) >= 11 is 0. The molecule has 0 spiro atoms. The summed E-state index contributed by atoms with van der Waals surface area (Å²) in [4.78, 5) is 0.109. The third-order valence-electron chi connectivity index (χ3n) is 3.40. The zero-order valence-electron chi connectivity index (χ0n) is 12.2. The zero-order valence-corrected chi connectivity index (χ0v) is 13.0. The number of rotatable bonds is 5. The average molecular weight is 316 g/mol. The Morgan fingerprint density at radius 3 is 2.90 bits per heavy atom.